The minimum atomic E-state index is -0.0505. The van der Waals surface area contributed by atoms with Crippen LogP contribution in [0.2, 0.25) is 0 Å². The largest absolute Gasteiger partial charge is 0.358 e. The van der Waals surface area contributed by atoms with Crippen LogP contribution in [0.25, 0.3) is 5.69 Å². The first-order chi connectivity index (χ1) is 8.79. The molecule has 0 aliphatic carbocycles. The molecule has 0 atom stereocenters. The van der Waals surface area contributed by atoms with E-state index in [1.54, 1.807) is 18.0 Å². The van der Waals surface area contributed by atoms with Crippen molar-refractivity contribution >= 4 is 5.91 Å². The van der Waals surface area contributed by atoms with Gasteiger partial charge in [-0.25, -0.2) is 0 Å². The summed E-state index contributed by atoms with van der Waals surface area (Å²) in [6.07, 6.45) is 1.68. The van der Waals surface area contributed by atoms with Crippen molar-refractivity contribution in [2.45, 2.75) is 6.54 Å². The molecule has 0 bridgehead atoms. The lowest BCUT2D eigenvalue weighted by molar-refractivity contribution is -0.119. The van der Waals surface area contributed by atoms with Crippen LogP contribution in [0, 0.1) is 0 Å². The molecule has 0 saturated carbocycles. The molecule has 0 fully saturated rings. The lowest BCUT2D eigenvalue weighted by Crippen LogP contribution is -2.31. The van der Waals surface area contributed by atoms with E-state index in [1.165, 1.54) is 0 Å². The Balaban J connectivity index is 1.93. The topological polar surface area (TPSA) is 71.8 Å². The number of rotatable bonds is 5. The van der Waals surface area contributed by atoms with Crippen molar-refractivity contribution in [3.05, 3.63) is 42.2 Å². The summed E-state index contributed by atoms with van der Waals surface area (Å²) in [6, 6.07) is 9.67. The van der Waals surface area contributed by atoms with Crippen LogP contribution >= 0.6 is 0 Å². The number of amides is 1. The molecule has 0 spiro atoms. The Bertz CT molecular complexity index is 508. The smallest absolute Gasteiger partial charge is 0.233 e. The number of hydrogen-bond acceptors (Lipinski definition) is 4. The third kappa shape index (κ3) is 3.14. The maximum atomic E-state index is 11.0. The van der Waals surface area contributed by atoms with Gasteiger partial charge in [-0.05, 0) is 12.1 Å². The molecule has 0 saturated heterocycles. The average molecular weight is 245 g/mol. The summed E-state index contributed by atoms with van der Waals surface area (Å²) in [5.41, 5.74) is 1.71. The van der Waals surface area contributed by atoms with Crippen LogP contribution in [0.15, 0.2) is 36.5 Å². The first kappa shape index (κ1) is 12.3. The van der Waals surface area contributed by atoms with Gasteiger partial charge in [-0.3, -0.25) is 4.79 Å². The summed E-state index contributed by atoms with van der Waals surface area (Å²) in [5.74, 6) is -0.0505. The van der Waals surface area contributed by atoms with E-state index in [1.807, 2.05) is 30.3 Å². The highest BCUT2D eigenvalue weighted by atomic mass is 16.1. The standard InChI is InChI=1S/C12H15N5O/c1-13-12(18)9-14-7-10-8-15-17(16-10)11-5-3-2-4-6-11/h2-6,8,14H,7,9H2,1H3,(H,13,18). The number of likely N-dealkylation sites (N-methyl/N-ethyl adjacent to an activating group) is 1. The van der Waals surface area contributed by atoms with Gasteiger partial charge in [0.1, 0.15) is 0 Å². The van der Waals surface area contributed by atoms with Crippen molar-refractivity contribution in [3.63, 3.8) is 0 Å². The molecule has 0 radical (unpaired) electrons. The van der Waals surface area contributed by atoms with Crippen molar-refractivity contribution in [2.24, 2.45) is 0 Å². The number of nitrogens with zero attached hydrogens (tertiary/aromatic N) is 3. The molecule has 1 aromatic carbocycles. The molecule has 6 nitrogen and oxygen atoms in total. The van der Waals surface area contributed by atoms with E-state index in [0.29, 0.717) is 6.54 Å². The molecule has 94 valence electrons. The number of nitrogens with one attached hydrogen (secondary N) is 2. The van der Waals surface area contributed by atoms with E-state index in [2.05, 4.69) is 20.8 Å². The van der Waals surface area contributed by atoms with Gasteiger partial charge in [0, 0.05) is 13.6 Å². The van der Waals surface area contributed by atoms with Crippen LogP contribution in [0.3, 0.4) is 0 Å². The van der Waals surface area contributed by atoms with E-state index in [0.717, 1.165) is 11.4 Å². The summed E-state index contributed by atoms with van der Waals surface area (Å²) < 4.78 is 0. The predicted octanol–water partition coefficient (Wildman–Crippen LogP) is 0.103. The zero-order valence-electron chi connectivity index (χ0n) is 10.1. The van der Waals surface area contributed by atoms with Crippen LogP contribution in [-0.4, -0.2) is 34.5 Å². The summed E-state index contributed by atoms with van der Waals surface area (Å²) in [4.78, 5) is 12.6. The number of para-hydroxylation sites is 1. The Hall–Kier alpha value is -2.21. The van der Waals surface area contributed by atoms with Gasteiger partial charge < -0.3 is 10.6 Å². The summed E-state index contributed by atoms with van der Waals surface area (Å²) in [5, 5.41) is 14.0. The zero-order chi connectivity index (χ0) is 12.8. The van der Waals surface area contributed by atoms with Crippen molar-refractivity contribution in [1.29, 1.82) is 0 Å². The monoisotopic (exact) mass is 245 g/mol. The Kier molecular flexibility index (Phi) is 4.03. The number of benzene rings is 1. The quantitative estimate of drug-likeness (QED) is 0.784. The Labute approximate surface area is 105 Å². The maximum Gasteiger partial charge on any atom is 0.233 e. The third-order valence-corrected chi connectivity index (χ3v) is 2.40. The van der Waals surface area contributed by atoms with Crippen LogP contribution < -0.4 is 10.6 Å². The average Bonchev–Trinajstić information content (AvgIpc) is 2.88. The van der Waals surface area contributed by atoms with Gasteiger partial charge >= 0.3 is 0 Å². The van der Waals surface area contributed by atoms with Gasteiger partial charge in [-0.2, -0.15) is 15.0 Å². The summed E-state index contributed by atoms with van der Waals surface area (Å²) >= 11 is 0. The van der Waals surface area contributed by atoms with Crippen LogP contribution in [0.1, 0.15) is 5.69 Å². The van der Waals surface area contributed by atoms with E-state index in [-0.39, 0.29) is 12.5 Å². The van der Waals surface area contributed by atoms with Crippen molar-refractivity contribution in [1.82, 2.24) is 25.6 Å². The number of aromatic nitrogens is 3. The van der Waals surface area contributed by atoms with Crippen LogP contribution in [-0.2, 0) is 11.3 Å². The molecule has 18 heavy (non-hydrogen) atoms. The molecule has 2 aromatic rings. The highest BCUT2D eigenvalue weighted by Crippen LogP contribution is 2.03. The van der Waals surface area contributed by atoms with Gasteiger partial charge in [0.2, 0.25) is 5.91 Å². The van der Waals surface area contributed by atoms with Gasteiger partial charge in [0.15, 0.2) is 0 Å². The fourth-order valence-corrected chi connectivity index (χ4v) is 1.45. The van der Waals surface area contributed by atoms with Crippen molar-refractivity contribution < 1.29 is 4.79 Å². The first-order valence-corrected chi connectivity index (χ1v) is 5.67. The SMILES string of the molecule is CNC(=O)CNCc1cnn(-c2ccccc2)n1. The molecule has 2 N–H and O–H groups in total. The Morgan fingerprint density at radius 3 is 2.83 bits per heavy atom. The fraction of sp³-hybridized carbons (Fsp3) is 0.250. The maximum absolute atomic E-state index is 11.0. The Morgan fingerprint density at radius 1 is 1.33 bits per heavy atom. The molecular weight excluding hydrogens is 230 g/mol. The minimum Gasteiger partial charge on any atom is -0.358 e. The second-order valence-electron chi connectivity index (χ2n) is 3.74. The number of hydrogen-bond donors (Lipinski definition) is 2. The first-order valence-electron chi connectivity index (χ1n) is 5.67. The second-order valence-corrected chi connectivity index (χ2v) is 3.74. The van der Waals surface area contributed by atoms with Gasteiger partial charge in [0.05, 0.1) is 24.1 Å². The summed E-state index contributed by atoms with van der Waals surface area (Å²) in [7, 11) is 1.61. The molecule has 2 rings (SSSR count). The lowest BCUT2D eigenvalue weighted by Gasteiger charge is -2.00. The van der Waals surface area contributed by atoms with Crippen LogP contribution in [0.4, 0.5) is 0 Å². The van der Waals surface area contributed by atoms with Crippen LogP contribution in [0.5, 0.6) is 0 Å². The highest BCUT2D eigenvalue weighted by molar-refractivity contribution is 5.77. The molecule has 1 heterocycles. The fourth-order valence-electron chi connectivity index (χ4n) is 1.45. The van der Waals surface area contributed by atoms with Gasteiger partial charge in [-0.15, -0.1) is 0 Å². The molecule has 1 aromatic heterocycles. The summed E-state index contributed by atoms with van der Waals surface area (Å²) in [6.45, 7) is 0.787. The van der Waals surface area contributed by atoms with Gasteiger partial charge in [0.25, 0.3) is 0 Å². The molecular formula is C12H15N5O. The lowest BCUT2D eigenvalue weighted by atomic mass is 10.3. The molecule has 0 unspecified atom stereocenters. The number of carbonyl (C=O) groups is 1. The van der Waals surface area contributed by atoms with Crippen molar-refractivity contribution in [3.8, 4) is 5.69 Å². The molecule has 0 aliphatic rings. The normalized spacial score (nSPS) is 10.3. The molecule has 1 amide bonds. The third-order valence-electron chi connectivity index (χ3n) is 2.40. The zero-order valence-corrected chi connectivity index (χ0v) is 10.1. The Morgan fingerprint density at radius 2 is 2.11 bits per heavy atom. The molecule has 0 aliphatic heterocycles. The van der Waals surface area contributed by atoms with E-state index in [4.69, 9.17) is 0 Å². The molecule has 6 heteroatoms. The van der Waals surface area contributed by atoms with E-state index in [9.17, 15) is 4.79 Å². The second kappa shape index (κ2) is 5.92. The van der Waals surface area contributed by atoms with Crippen molar-refractivity contribution in [2.75, 3.05) is 13.6 Å². The van der Waals surface area contributed by atoms with E-state index >= 15 is 0 Å². The van der Waals surface area contributed by atoms with Gasteiger partial charge in [-0.1, -0.05) is 18.2 Å². The highest BCUT2D eigenvalue weighted by Gasteiger charge is 2.03. The number of carbonyl (C=O) groups excluding carboxylic acids is 1. The van der Waals surface area contributed by atoms with E-state index < -0.39 is 0 Å². The minimum absolute atomic E-state index is 0.0505. The predicted molar refractivity (Wildman–Crippen MR) is 67.1 cm³/mol.